The van der Waals surface area contributed by atoms with E-state index in [-0.39, 0.29) is 0 Å². The van der Waals surface area contributed by atoms with Gasteiger partial charge < -0.3 is 5.32 Å². The van der Waals surface area contributed by atoms with Crippen LogP contribution in [0.4, 0.5) is 0 Å². The standard InChI is InChI=1S/C13H24N3/c1-2-8-16-12(3-1)9-15-10-13(16)11-4-6-14-7-5-11/h11-13,15H,1-10H2. The molecule has 2 unspecified atom stereocenters. The maximum atomic E-state index is 4.49. The van der Waals surface area contributed by atoms with Gasteiger partial charge in [-0.1, -0.05) is 6.42 Å². The normalized spacial score (nSPS) is 38.2. The number of rotatable bonds is 1. The topological polar surface area (TPSA) is 29.4 Å². The lowest BCUT2D eigenvalue weighted by Crippen LogP contribution is -2.61. The maximum absolute atomic E-state index is 4.49. The minimum atomic E-state index is 0.814. The van der Waals surface area contributed by atoms with Crippen molar-refractivity contribution in [1.29, 1.82) is 0 Å². The van der Waals surface area contributed by atoms with E-state index in [0.29, 0.717) is 0 Å². The van der Waals surface area contributed by atoms with Crippen LogP contribution < -0.4 is 10.6 Å². The van der Waals surface area contributed by atoms with Gasteiger partial charge in [0.05, 0.1) is 0 Å². The highest BCUT2D eigenvalue weighted by Crippen LogP contribution is 2.29. The number of fused-ring (bicyclic) bond motifs is 1. The molecule has 0 spiro atoms. The molecule has 3 heteroatoms. The number of piperidine rings is 2. The second-order valence-corrected chi connectivity index (χ2v) is 5.62. The van der Waals surface area contributed by atoms with Crippen LogP contribution in [0.25, 0.3) is 0 Å². The summed E-state index contributed by atoms with van der Waals surface area (Å²) in [4.78, 5) is 2.83. The van der Waals surface area contributed by atoms with Gasteiger partial charge in [0, 0.05) is 38.3 Å². The average Bonchev–Trinajstić information content (AvgIpc) is 2.39. The van der Waals surface area contributed by atoms with E-state index in [0.717, 1.165) is 31.1 Å². The smallest absolute Gasteiger partial charge is 0.0253 e. The molecule has 16 heavy (non-hydrogen) atoms. The lowest BCUT2D eigenvalue weighted by atomic mass is 9.85. The van der Waals surface area contributed by atoms with E-state index in [1.54, 1.807) is 0 Å². The Bertz CT molecular complexity index is 223. The number of hydrogen-bond donors (Lipinski definition) is 1. The number of hydrogen-bond acceptors (Lipinski definition) is 2. The van der Waals surface area contributed by atoms with Gasteiger partial charge in [-0.25, -0.2) is 5.32 Å². The van der Waals surface area contributed by atoms with Gasteiger partial charge >= 0.3 is 0 Å². The molecule has 0 aromatic rings. The van der Waals surface area contributed by atoms with Crippen LogP contribution in [0.1, 0.15) is 32.1 Å². The van der Waals surface area contributed by atoms with Crippen LogP contribution in [-0.2, 0) is 0 Å². The highest BCUT2D eigenvalue weighted by molar-refractivity contribution is 4.94. The second-order valence-electron chi connectivity index (χ2n) is 5.62. The monoisotopic (exact) mass is 222 g/mol. The average molecular weight is 222 g/mol. The first-order valence-corrected chi connectivity index (χ1v) is 7.05. The molecule has 0 aromatic carbocycles. The van der Waals surface area contributed by atoms with Crippen molar-refractivity contribution < 1.29 is 0 Å². The number of piperazine rings is 1. The van der Waals surface area contributed by atoms with Crippen LogP contribution in [0.5, 0.6) is 0 Å². The SMILES string of the molecule is C1CCN2C(C1)CNCC2C1CC[N]CC1. The maximum Gasteiger partial charge on any atom is 0.0253 e. The third kappa shape index (κ3) is 2.13. The summed E-state index contributed by atoms with van der Waals surface area (Å²) in [6.45, 7) is 6.03. The predicted molar refractivity (Wildman–Crippen MR) is 65.6 cm³/mol. The third-order valence-electron chi connectivity index (χ3n) is 4.69. The lowest BCUT2D eigenvalue weighted by molar-refractivity contribution is 0.0254. The Hall–Kier alpha value is -0.120. The molecule has 0 amide bonds. The van der Waals surface area contributed by atoms with Gasteiger partial charge in [-0.3, -0.25) is 4.90 Å². The second kappa shape index (κ2) is 5.03. The molecule has 0 saturated carbocycles. The molecule has 3 nitrogen and oxygen atoms in total. The largest absolute Gasteiger partial charge is 0.314 e. The van der Waals surface area contributed by atoms with Crippen molar-refractivity contribution in [3.8, 4) is 0 Å². The first-order valence-electron chi connectivity index (χ1n) is 7.05. The molecule has 1 N–H and O–H groups in total. The van der Waals surface area contributed by atoms with Gasteiger partial charge in [-0.2, -0.15) is 0 Å². The molecule has 2 atom stereocenters. The summed E-state index contributed by atoms with van der Waals surface area (Å²) >= 11 is 0. The molecule has 0 bridgehead atoms. The van der Waals surface area contributed by atoms with Crippen molar-refractivity contribution in [2.45, 2.75) is 44.2 Å². The van der Waals surface area contributed by atoms with Crippen molar-refractivity contribution in [2.24, 2.45) is 5.92 Å². The minimum Gasteiger partial charge on any atom is -0.314 e. The van der Waals surface area contributed by atoms with Crippen molar-refractivity contribution in [2.75, 3.05) is 32.7 Å². The summed E-state index contributed by atoms with van der Waals surface area (Å²) < 4.78 is 0. The zero-order valence-corrected chi connectivity index (χ0v) is 10.2. The van der Waals surface area contributed by atoms with Gasteiger partial charge in [0.1, 0.15) is 0 Å². The zero-order valence-electron chi connectivity index (χ0n) is 10.2. The minimum absolute atomic E-state index is 0.814. The molecule has 3 rings (SSSR count). The first kappa shape index (κ1) is 11.0. The van der Waals surface area contributed by atoms with Crippen molar-refractivity contribution >= 4 is 0 Å². The predicted octanol–water partition coefficient (Wildman–Crippen LogP) is 0.827. The Morgan fingerprint density at radius 3 is 2.75 bits per heavy atom. The Morgan fingerprint density at radius 1 is 1.00 bits per heavy atom. The fraction of sp³-hybridized carbons (Fsp3) is 1.00. The first-order chi connectivity index (χ1) is 7.95. The Morgan fingerprint density at radius 2 is 1.88 bits per heavy atom. The van der Waals surface area contributed by atoms with Gasteiger partial charge in [0.15, 0.2) is 0 Å². The van der Waals surface area contributed by atoms with Gasteiger partial charge in [0.25, 0.3) is 0 Å². The number of nitrogens with zero attached hydrogens (tertiary/aromatic N) is 2. The van der Waals surface area contributed by atoms with Gasteiger partial charge in [-0.05, 0) is 38.1 Å². The summed E-state index contributed by atoms with van der Waals surface area (Å²) in [5.41, 5.74) is 0. The van der Waals surface area contributed by atoms with Crippen molar-refractivity contribution in [3.05, 3.63) is 0 Å². The Labute approximate surface area is 99.0 Å². The van der Waals surface area contributed by atoms with Crippen LogP contribution in [0.3, 0.4) is 0 Å². The van der Waals surface area contributed by atoms with E-state index < -0.39 is 0 Å². The molecular formula is C13H24N3. The molecular weight excluding hydrogens is 198 g/mol. The van der Waals surface area contributed by atoms with Crippen molar-refractivity contribution in [3.63, 3.8) is 0 Å². The van der Waals surface area contributed by atoms with Gasteiger partial charge in [-0.15, -0.1) is 0 Å². The van der Waals surface area contributed by atoms with Crippen LogP contribution in [0, 0.1) is 5.92 Å². The molecule has 91 valence electrons. The fourth-order valence-corrected chi connectivity index (χ4v) is 3.79. The van der Waals surface area contributed by atoms with Crippen LogP contribution in [0.2, 0.25) is 0 Å². The molecule has 3 aliphatic heterocycles. The summed E-state index contributed by atoms with van der Waals surface area (Å²) in [6, 6.07) is 1.65. The lowest BCUT2D eigenvalue weighted by Gasteiger charge is -2.48. The van der Waals surface area contributed by atoms with E-state index in [9.17, 15) is 0 Å². The van der Waals surface area contributed by atoms with Crippen LogP contribution >= 0.6 is 0 Å². The summed E-state index contributed by atoms with van der Waals surface area (Å²) in [5.74, 6) is 0.908. The summed E-state index contributed by atoms with van der Waals surface area (Å²) in [6.07, 6.45) is 6.94. The van der Waals surface area contributed by atoms with Crippen LogP contribution in [-0.4, -0.2) is 49.7 Å². The molecule has 3 saturated heterocycles. The molecule has 3 heterocycles. The molecule has 1 radical (unpaired) electrons. The van der Waals surface area contributed by atoms with E-state index in [1.807, 2.05) is 0 Å². The number of nitrogens with one attached hydrogen (secondary N) is 1. The van der Waals surface area contributed by atoms with Crippen LogP contribution in [0.15, 0.2) is 0 Å². The highest BCUT2D eigenvalue weighted by atomic mass is 15.3. The quantitative estimate of drug-likeness (QED) is 0.712. The summed E-state index contributed by atoms with van der Waals surface area (Å²) in [5, 5.41) is 8.15. The molecule has 0 aliphatic carbocycles. The molecule has 0 aromatic heterocycles. The fourth-order valence-electron chi connectivity index (χ4n) is 3.79. The molecule has 3 fully saturated rings. The van der Waals surface area contributed by atoms with E-state index >= 15 is 0 Å². The van der Waals surface area contributed by atoms with E-state index in [2.05, 4.69) is 15.5 Å². The Kier molecular flexibility index (Phi) is 3.46. The third-order valence-corrected chi connectivity index (χ3v) is 4.69. The highest BCUT2D eigenvalue weighted by Gasteiger charge is 2.36. The van der Waals surface area contributed by atoms with Gasteiger partial charge in [0.2, 0.25) is 0 Å². The van der Waals surface area contributed by atoms with Crippen molar-refractivity contribution in [1.82, 2.24) is 15.5 Å². The summed E-state index contributed by atoms with van der Waals surface area (Å²) in [7, 11) is 0. The van der Waals surface area contributed by atoms with E-state index in [1.165, 1.54) is 51.7 Å². The molecule has 3 aliphatic rings. The zero-order chi connectivity index (χ0) is 10.8. The van der Waals surface area contributed by atoms with E-state index in [4.69, 9.17) is 0 Å². The Balaban J connectivity index is 1.67.